The van der Waals surface area contributed by atoms with Crippen LogP contribution in [0.15, 0.2) is 77.7 Å². The zero-order valence-electron chi connectivity index (χ0n) is 16.2. The van der Waals surface area contributed by atoms with E-state index in [4.69, 9.17) is 2.51 Å². The number of benzene rings is 3. The van der Waals surface area contributed by atoms with Crippen LogP contribution >= 0.6 is 0 Å². The zero-order chi connectivity index (χ0) is 23.7. The van der Waals surface area contributed by atoms with Crippen LogP contribution in [0.2, 0.25) is 0 Å². The average Bonchev–Trinajstić information content (AvgIpc) is 2.71. The van der Waals surface area contributed by atoms with E-state index < -0.39 is 53.8 Å². The van der Waals surface area contributed by atoms with E-state index in [-0.39, 0.29) is 12.0 Å². The summed E-state index contributed by atoms with van der Waals surface area (Å²) in [6, 6.07) is 13.2. The first-order valence-corrected chi connectivity index (χ1v) is 13.3. The second-order valence-corrected chi connectivity index (χ2v) is 13.1. The van der Waals surface area contributed by atoms with Gasteiger partial charge < -0.3 is 0 Å². The predicted molar refractivity (Wildman–Crippen MR) is 99.7 cm³/mol. The average molecular weight is 588 g/mol. The van der Waals surface area contributed by atoms with Gasteiger partial charge in [-0.15, -0.1) is 0 Å². The van der Waals surface area contributed by atoms with Crippen LogP contribution in [0.5, 0.6) is 0 Å². The van der Waals surface area contributed by atoms with E-state index in [9.17, 15) is 34.8 Å². The number of halogens is 7. The Bertz CT molecular complexity index is 1110. The molecule has 0 amide bonds. The lowest BCUT2D eigenvalue weighted by Crippen LogP contribution is -3.85. The molecule has 0 unspecified atom stereocenters. The van der Waals surface area contributed by atoms with E-state index in [0.717, 1.165) is 54.1 Å². The van der Waals surface area contributed by atoms with Gasteiger partial charge in [0.2, 0.25) is 0 Å². The highest BCUT2D eigenvalue weighted by molar-refractivity contribution is 7.86. The number of hydrogen-bond acceptors (Lipinski definition) is 3. The fraction of sp³-hybridized carbons (Fsp3) is 0.143. The van der Waals surface area contributed by atoms with Crippen LogP contribution in [0.3, 0.4) is 0 Å². The van der Waals surface area contributed by atoms with E-state index in [1.807, 2.05) is 0 Å². The standard InChI is InChI=1S/C21H15F6IO3S/c1-14-2-12-19(13-3-14)32(29,30)31-28(17-8-4-15(5-9-17)20(22,23)24)18-10-6-16(7-11-18)21(25,26)27/h2-13H,1H3/q+1. The normalized spacial score (nSPS) is 12.9. The van der Waals surface area contributed by atoms with Crippen molar-refractivity contribution in [2.75, 3.05) is 0 Å². The molecule has 0 fully saturated rings. The maximum atomic E-state index is 12.9. The van der Waals surface area contributed by atoms with Crippen molar-refractivity contribution in [3.8, 4) is 0 Å². The second-order valence-electron chi connectivity index (χ2n) is 6.59. The first-order valence-electron chi connectivity index (χ1n) is 8.83. The van der Waals surface area contributed by atoms with Crippen molar-refractivity contribution in [1.82, 2.24) is 0 Å². The van der Waals surface area contributed by atoms with Gasteiger partial charge in [0.15, 0.2) is 7.14 Å². The van der Waals surface area contributed by atoms with Gasteiger partial charge in [-0.2, -0.15) is 34.8 Å². The molecule has 3 rings (SSSR count). The fourth-order valence-electron chi connectivity index (χ4n) is 2.53. The number of alkyl halides is 6. The highest BCUT2D eigenvalue weighted by atomic mass is 127. The first-order chi connectivity index (χ1) is 14.8. The van der Waals surface area contributed by atoms with E-state index in [1.165, 1.54) is 12.1 Å². The maximum absolute atomic E-state index is 12.9. The summed E-state index contributed by atoms with van der Waals surface area (Å²) in [6.45, 7) is 1.75. The third-order valence-electron chi connectivity index (χ3n) is 4.20. The summed E-state index contributed by atoms with van der Waals surface area (Å²) in [5.41, 5.74) is -1.08. The van der Waals surface area contributed by atoms with Crippen LogP contribution in [0.1, 0.15) is 16.7 Å². The molecule has 0 saturated heterocycles. The molecule has 0 atom stereocenters. The van der Waals surface area contributed by atoms with Crippen molar-refractivity contribution >= 4 is 10.1 Å². The Morgan fingerprint density at radius 3 is 1.38 bits per heavy atom. The van der Waals surface area contributed by atoms with Gasteiger partial charge in [-0.05, 0) is 70.1 Å². The molecule has 0 aliphatic rings. The molecule has 32 heavy (non-hydrogen) atoms. The smallest absolute Gasteiger partial charge is 0.190 e. The molecule has 3 aromatic carbocycles. The molecule has 0 N–H and O–H groups in total. The third kappa shape index (κ3) is 5.81. The summed E-state index contributed by atoms with van der Waals surface area (Å²) in [5.74, 6) is 0. The molecule has 0 aliphatic carbocycles. The summed E-state index contributed by atoms with van der Waals surface area (Å²) >= 11 is -3.45. The molecule has 1 radical (unpaired) electrons. The minimum Gasteiger partial charge on any atom is -0.190 e. The third-order valence-corrected chi connectivity index (χ3v) is 11.5. The van der Waals surface area contributed by atoms with E-state index in [2.05, 4.69) is 0 Å². The molecule has 0 heterocycles. The maximum Gasteiger partial charge on any atom is 0.416 e. The summed E-state index contributed by atoms with van der Waals surface area (Å²) < 4.78 is 109. The van der Waals surface area contributed by atoms with Crippen LogP contribution in [0.4, 0.5) is 26.3 Å². The van der Waals surface area contributed by atoms with Gasteiger partial charge in [0.1, 0.15) is 0 Å². The lowest BCUT2D eigenvalue weighted by molar-refractivity contribution is -1.03. The van der Waals surface area contributed by atoms with E-state index in [1.54, 1.807) is 19.1 Å². The Kier molecular flexibility index (Phi) is 6.91. The first kappa shape index (κ1) is 24.5. The SMILES string of the molecule is Cc1ccc(S(=O)(=O)O[I+](c2ccc(C(F)(F)F)cc2)c2ccc(C(F)(F)F)cc2)cc1. The van der Waals surface area contributed by atoms with Gasteiger partial charge in [-0.1, -0.05) is 17.7 Å². The molecule has 11 heteroatoms. The molecule has 3 aromatic rings. The minimum atomic E-state index is -4.60. The minimum absolute atomic E-state index is 0.163. The van der Waals surface area contributed by atoms with Gasteiger partial charge in [-0.25, -0.2) is 0 Å². The molecule has 171 valence electrons. The topological polar surface area (TPSA) is 43.4 Å². The van der Waals surface area contributed by atoms with Crippen molar-refractivity contribution < 1.29 is 57.5 Å². The lowest BCUT2D eigenvalue weighted by Gasteiger charge is -2.10. The number of hydrogen-bond donors (Lipinski definition) is 0. The molecular formula is C21H15F6IO3S+. The summed E-state index contributed by atoms with van der Waals surface area (Å²) in [7, 11) is -4.32. The Hall–Kier alpha value is -2.12. The van der Waals surface area contributed by atoms with E-state index in [0.29, 0.717) is 0 Å². The highest BCUT2D eigenvalue weighted by Crippen LogP contribution is 2.29. The van der Waals surface area contributed by atoms with E-state index >= 15 is 0 Å². The summed E-state index contributed by atoms with van der Waals surface area (Å²) in [5, 5.41) is 0. The van der Waals surface area contributed by atoms with Crippen molar-refractivity contribution in [1.29, 1.82) is 0 Å². The number of aryl methyl sites for hydroxylation is 1. The molecule has 0 bridgehead atoms. The summed E-state index contributed by atoms with van der Waals surface area (Å²) in [4.78, 5) is -0.163. The monoisotopic (exact) mass is 588 g/mol. The summed E-state index contributed by atoms with van der Waals surface area (Å²) in [6.07, 6.45) is -9.19. The highest BCUT2D eigenvalue weighted by Gasteiger charge is 2.40. The van der Waals surface area contributed by atoms with Crippen LogP contribution in [-0.4, -0.2) is 8.42 Å². The zero-order valence-corrected chi connectivity index (χ0v) is 19.2. The van der Waals surface area contributed by atoms with Gasteiger partial charge in [0.25, 0.3) is 0 Å². The van der Waals surface area contributed by atoms with Crippen molar-refractivity contribution in [3.63, 3.8) is 0 Å². The molecule has 0 aliphatic heterocycles. The lowest BCUT2D eigenvalue weighted by atomic mass is 10.2. The van der Waals surface area contributed by atoms with Crippen molar-refractivity contribution in [3.05, 3.63) is 96.6 Å². The van der Waals surface area contributed by atoms with Gasteiger partial charge in [0, 0.05) is 0 Å². The molecule has 0 saturated carbocycles. The second kappa shape index (κ2) is 9.02. The Labute approximate surface area is 188 Å². The largest absolute Gasteiger partial charge is 0.416 e. The Balaban J connectivity index is 2.04. The van der Waals surface area contributed by atoms with Crippen LogP contribution in [0.25, 0.3) is 0 Å². The Morgan fingerprint density at radius 2 is 1.03 bits per heavy atom. The predicted octanol–water partition coefficient (Wildman–Crippen LogP) is 3.02. The fourth-order valence-corrected chi connectivity index (χ4v) is 9.42. The van der Waals surface area contributed by atoms with Gasteiger partial charge in [0.05, 0.1) is 16.0 Å². The van der Waals surface area contributed by atoms with Crippen LogP contribution in [-0.2, 0) is 25.0 Å². The van der Waals surface area contributed by atoms with Crippen molar-refractivity contribution in [2.45, 2.75) is 24.2 Å². The van der Waals surface area contributed by atoms with Crippen LogP contribution < -0.4 is 20.2 Å². The Morgan fingerprint density at radius 1 is 0.656 bits per heavy atom. The quantitative estimate of drug-likeness (QED) is 0.340. The molecule has 0 aromatic heterocycles. The van der Waals surface area contributed by atoms with Gasteiger partial charge >= 0.3 is 42.7 Å². The molecular weight excluding hydrogens is 573 g/mol. The van der Waals surface area contributed by atoms with Gasteiger partial charge in [-0.3, -0.25) is 0 Å². The molecule has 3 nitrogen and oxygen atoms in total. The van der Waals surface area contributed by atoms with Crippen molar-refractivity contribution in [2.24, 2.45) is 0 Å². The molecule has 0 spiro atoms. The number of rotatable bonds is 5. The van der Waals surface area contributed by atoms with Crippen LogP contribution in [0, 0.1) is 14.1 Å².